The molecule has 6 heteroatoms. The predicted octanol–water partition coefficient (Wildman–Crippen LogP) is 3.09. The van der Waals surface area contributed by atoms with Crippen molar-refractivity contribution in [2.45, 2.75) is 71.6 Å². The molecule has 0 radical (unpaired) electrons. The zero-order valence-corrected chi connectivity index (χ0v) is 16.2. The maximum atomic E-state index is 12.3. The van der Waals surface area contributed by atoms with Crippen molar-refractivity contribution >= 4 is 23.4 Å². The molecule has 1 unspecified atom stereocenters. The first-order valence-electron chi connectivity index (χ1n) is 8.61. The van der Waals surface area contributed by atoms with Crippen LogP contribution in [0.15, 0.2) is 0 Å². The molecule has 0 aromatic heterocycles. The van der Waals surface area contributed by atoms with Crippen LogP contribution in [0.25, 0.3) is 0 Å². The van der Waals surface area contributed by atoms with Crippen LogP contribution in [-0.4, -0.2) is 69.3 Å². The topological polar surface area (TPSA) is 36.0 Å². The van der Waals surface area contributed by atoms with E-state index in [-0.39, 0.29) is 17.7 Å². The number of rotatable bonds is 3. The number of amides is 1. The minimum absolute atomic E-state index is 0.0694. The lowest BCUT2D eigenvalue weighted by Crippen LogP contribution is -2.54. The molecule has 0 aliphatic carbocycles. The van der Waals surface area contributed by atoms with Gasteiger partial charge >= 0.3 is 6.09 Å². The van der Waals surface area contributed by atoms with Gasteiger partial charge in [0.25, 0.3) is 0 Å². The lowest BCUT2D eigenvalue weighted by molar-refractivity contribution is 0.0140. The molecule has 0 aromatic carbocycles. The van der Waals surface area contributed by atoms with Gasteiger partial charge in [0.05, 0.1) is 6.04 Å². The van der Waals surface area contributed by atoms with E-state index >= 15 is 0 Å². The Morgan fingerprint density at radius 2 is 1.87 bits per heavy atom. The summed E-state index contributed by atoms with van der Waals surface area (Å²) in [7, 11) is 0. The fourth-order valence-corrected chi connectivity index (χ4v) is 4.01. The summed E-state index contributed by atoms with van der Waals surface area (Å²) in [6.07, 6.45) is 2.04. The number of piperazine rings is 1. The monoisotopic (exact) mass is 341 g/mol. The number of thiocarbonyl (C=S) groups is 1. The summed E-state index contributed by atoms with van der Waals surface area (Å²) in [6, 6.07) is 0.278. The van der Waals surface area contributed by atoms with Gasteiger partial charge in [-0.25, -0.2) is 4.79 Å². The maximum Gasteiger partial charge on any atom is 0.410 e. The first-order valence-corrected chi connectivity index (χ1v) is 9.02. The van der Waals surface area contributed by atoms with Crippen molar-refractivity contribution in [3.63, 3.8) is 0 Å². The van der Waals surface area contributed by atoms with E-state index < -0.39 is 5.60 Å². The summed E-state index contributed by atoms with van der Waals surface area (Å²) in [4.78, 5) is 18.8. The van der Waals surface area contributed by atoms with E-state index in [4.69, 9.17) is 17.0 Å². The molecule has 0 N–H and O–H groups in total. The standard InChI is InChI=1S/C17H31N3O2S/c1-7-8-17(5,6)20-12-13-11-18(9-10-19(13)14(20)23)15(21)22-16(2,3)4/h13H,7-12H2,1-6H3. The van der Waals surface area contributed by atoms with Gasteiger partial charge in [-0.15, -0.1) is 0 Å². The van der Waals surface area contributed by atoms with Gasteiger partial charge in [-0.3, -0.25) is 0 Å². The van der Waals surface area contributed by atoms with Crippen LogP contribution in [0.2, 0.25) is 0 Å². The molecule has 1 atom stereocenters. The maximum absolute atomic E-state index is 12.3. The van der Waals surface area contributed by atoms with Crippen molar-refractivity contribution < 1.29 is 9.53 Å². The van der Waals surface area contributed by atoms with E-state index in [2.05, 4.69) is 30.6 Å². The van der Waals surface area contributed by atoms with E-state index in [1.807, 2.05) is 25.7 Å². The second-order valence-corrected chi connectivity index (χ2v) is 8.59. The molecule has 2 rings (SSSR count). The first kappa shape index (κ1) is 18.3. The molecule has 2 aliphatic rings. The van der Waals surface area contributed by atoms with Gasteiger partial charge in [-0.2, -0.15) is 0 Å². The van der Waals surface area contributed by atoms with Gasteiger partial charge in [-0.05, 0) is 53.3 Å². The number of carbonyl (C=O) groups excluding carboxylic acids is 1. The molecule has 2 saturated heterocycles. The highest BCUT2D eigenvalue weighted by Gasteiger charge is 2.44. The summed E-state index contributed by atoms with van der Waals surface area (Å²) >= 11 is 5.71. The molecule has 1 amide bonds. The summed E-state index contributed by atoms with van der Waals surface area (Å²) in [6.45, 7) is 15.5. The summed E-state index contributed by atoms with van der Waals surface area (Å²) in [5.41, 5.74) is -0.381. The van der Waals surface area contributed by atoms with Crippen LogP contribution in [0.4, 0.5) is 4.79 Å². The van der Waals surface area contributed by atoms with Gasteiger partial charge in [0.15, 0.2) is 5.11 Å². The Bertz CT molecular complexity index is 473. The zero-order chi connectivity index (χ0) is 17.4. The average molecular weight is 342 g/mol. The number of fused-ring (bicyclic) bond motifs is 1. The minimum atomic E-state index is -0.450. The molecule has 0 saturated carbocycles. The van der Waals surface area contributed by atoms with E-state index in [0.717, 1.165) is 31.0 Å². The van der Waals surface area contributed by atoms with Crippen LogP contribution < -0.4 is 0 Å². The Labute approximate surface area is 145 Å². The summed E-state index contributed by atoms with van der Waals surface area (Å²) < 4.78 is 5.51. The Balaban J connectivity index is 2.03. The lowest BCUT2D eigenvalue weighted by Gasteiger charge is -2.38. The fourth-order valence-electron chi connectivity index (χ4n) is 3.45. The van der Waals surface area contributed by atoms with Gasteiger partial charge in [0.1, 0.15) is 5.60 Å². The van der Waals surface area contributed by atoms with Crippen molar-refractivity contribution in [2.75, 3.05) is 26.2 Å². The highest BCUT2D eigenvalue weighted by molar-refractivity contribution is 7.80. The molecule has 132 valence electrons. The van der Waals surface area contributed by atoms with Gasteiger partial charge in [-0.1, -0.05) is 13.3 Å². The molecule has 0 spiro atoms. The largest absolute Gasteiger partial charge is 0.444 e. The Morgan fingerprint density at radius 1 is 1.22 bits per heavy atom. The van der Waals surface area contributed by atoms with Crippen LogP contribution in [0, 0.1) is 0 Å². The van der Waals surface area contributed by atoms with Gasteiger partial charge < -0.3 is 19.4 Å². The van der Waals surface area contributed by atoms with Crippen molar-refractivity contribution in [1.29, 1.82) is 0 Å². The van der Waals surface area contributed by atoms with E-state index in [1.54, 1.807) is 0 Å². The molecule has 0 bridgehead atoms. The molecule has 0 aromatic rings. The van der Waals surface area contributed by atoms with Crippen LogP contribution in [0.5, 0.6) is 0 Å². The summed E-state index contributed by atoms with van der Waals surface area (Å²) in [5, 5.41) is 0.942. The second-order valence-electron chi connectivity index (χ2n) is 8.23. The molecular formula is C17H31N3O2S. The molecular weight excluding hydrogens is 310 g/mol. The quantitative estimate of drug-likeness (QED) is 0.737. The molecule has 23 heavy (non-hydrogen) atoms. The number of nitrogens with zero attached hydrogens (tertiary/aromatic N) is 3. The van der Waals surface area contributed by atoms with Crippen molar-refractivity contribution in [2.24, 2.45) is 0 Å². The third kappa shape index (κ3) is 4.08. The van der Waals surface area contributed by atoms with Crippen LogP contribution in [-0.2, 0) is 4.74 Å². The van der Waals surface area contributed by atoms with Crippen molar-refractivity contribution in [3.8, 4) is 0 Å². The third-order valence-corrected chi connectivity index (χ3v) is 5.05. The van der Waals surface area contributed by atoms with Crippen LogP contribution in [0.1, 0.15) is 54.4 Å². The highest BCUT2D eigenvalue weighted by atomic mass is 32.1. The normalized spacial score (nSPS) is 22.4. The van der Waals surface area contributed by atoms with E-state index in [9.17, 15) is 4.79 Å². The predicted molar refractivity (Wildman–Crippen MR) is 96.6 cm³/mol. The van der Waals surface area contributed by atoms with E-state index in [0.29, 0.717) is 13.1 Å². The Hall–Kier alpha value is -1.04. The Morgan fingerprint density at radius 3 is 2.43 bits per heavy atom. The smallest absolute Gasteiger partial charge is 0.410 e. The van der Waals surface area contributed by atoms with Gasteiger partial charge in [0.2, 0.25) is 0 Å². The Kier molecular flexibility index (Phi) is 5.14. The number of hydrogen-bond donors (Lipinski definition) is 0. The molecule has 2 aliphatic heterocycles. The average Bonchev–Trinajstić information content (AvgIpc) is 2.74. The van der Waals surface area contributed by atoms with Crippen LogP contribution >= 0.6 is 12.2 Å². The fraction of sp³-hybridized carbons (Fsp3) is 0.882. The van der Waals surface area contributed by atoms with Crippen LogP contribution in [0.3, 0.4) is 0 Å². The molecule has 2 fully saturated rings. The SMILES string of the molecule is CCCC(C)(C)N1CC2CN(C(=O)OC(C)(C)C)CCN2C1=S. The first-order chi connectivity index (χ1) is 10.5. The lowest BCUT2D eigenvalue weighted by atomic mass is 9.97. The third-order valence-electron chi connectivity index (χ3n) is 4.60. The van der Waals surface area contributed by atoms with Crippen molar-refractivity contribution in [3.05, 3.63) is 0 Å². The van der Waals surface area contributed by atoms with E-state index in [1.165, 1.54) is 0 Å². The number of carbonyl (C=O) groups is 1. The number of hydrogen-bond acceptors (Lipinski definition) is 3. The van der Waals surface area contributed by atoms with Gasteiger partial charge in [0, 0.05) is 31.7 Å². The molecule has 5 nitrogen and oxygen atoms in total. The highest BCUT2D eigenvalue weighted by Crippen LogP contribution is 2.30. The van der Waals surface area contributed by atoms with Crippen molar-refractivity contribution in [1.82, 2.24) is 14.7 Å². The minimum Gasteiger partial charge on any atom is -0.444 e. The zero-order valence-electron chi connectivity index (χ0n) is 15.4. The molecule has 2 heterocycles. The number of ether oxygens (including phenoxy) is 1. The summed E-state index contributed by atoms with van der Waals surface area (Å²) in [5.74, 6) is 0. The second kappa shape index (κ2) is 6.46.